The number of hydrogen-bond acceptors (Lipinski definition) is 4. The van der Waals surface area contributed by atoms with Crippen LogP contribution < -0.4 is 10.2 Å². The van der Waals surface area contributed by atoms with Crippen molar-refractivity contribution in [2.24, 2.45) is 5.92 Å². The van der Waals surface area contributed by atoms with Gasteiger partial charge in [0.05, 0.1) is 21.7 Å². The Balaban J connectivity index is 1.10. The molecule has 1 aromatic carbocycles. The van der Waals surface area contributed by atoms with E-state index in [1.165, 1.54) is 18.2 Å². The number of aromatic nitrogens is 1. The summed E-state index contributed by atoms with van der Waals surface area (Å²) in [5.41, 5.74) is -0.173. The number of hydrogen-bond donors (Lipinski definition) is 1. The predicted molar refractivity (Wildman–Crippen MR) is 155 cm³/mol. The monoisotopic (exact) mass is 617 g/mol. The van der Waals surface area contributed by atoms with Gasteiger partial charge in [-0.3, -0.25) is 14.6 Å². The second kappa shape index (κ2) is 12.0. The van der Waals surface area contributed by atoms with Crippen molar-refractivity contribution in [2.75, 3.05) is 37.6 Å². The zero-order valence-corrected chi connectivity index (χ0v) is 24.6. The average Bonchev–Trinajstić information content (AvgIpc) is 3.61. The summed E-state index contributed by atoms with van der Waals surface area (Å²) in [5, 5.41) is 2.95. The number of carbonyl (C=O) groups excluding carboxylic acids is 3. The molecule has 8 nitrogen and oxygen atoms in total. The number of halogens is 4. The van der Waals surface area contributed by atoms with E-state index in [1.54, 1.807) is 11.0 Å². The van der Waals surface area contributed by atoms with Crippen LogP contribution in [-0.2, 0) is 10.2 Å². The van der Waals surface area contributed by atoms with Crippen LogP contribution in [0.2, 0.25) is 5.02 Å². The largest absolute Gasteiger partial charge is 0.349 e. The summed E-state index contributed by atoms with van der Waals surface area (Å²) in [7, 11) is 0. The number of likely N-dealkylation sites (tertiary alicyclic amines) is 2. The third-order valence-electron chi connectivity index (χ3n) is 9.64. The molecule has 2 saturated heterocycles. The fourth-order valence-electron chi connectivity index (χ4n) is 7.28. The molecule has 230 valence electrons. The van der Waals surface area contributed by atoms with Gasteiger partial charge in [-0.1, -0.05) is 17.7 Å². The van der Waals surface area contributed by atoms with Crippen molar-refractivity contribution in [1.29, 1.82) is 0 Å². The van der Waals surface area contributed by atoms with Gasteiger partial charge in [0.2, 0.25) is 5.91 Å². The number of anilines is 1. The number of urea groups is 1. The van der Waals surface area contributed by atoms with Gasteiger partial charge in [-0.2, -0.15) is 0 Å². The second-order valence-corrected chi connectivity index (χ2v) is 12.6. The van der Waals surface area contributed by atoms with Crippen LogP contribution in [0.1, 0.15) is 79.4 Å². The first kappa shape index (κ1) is 29.7. The first-order valence-electron chi connectivity index (χ1n) is 15.1. The van der Waals surface area contributed by atoms with Crippen LogP contribution in [0.25, 0.3) is 0 Å². The van der Waals surface area contributed by atoms with E-state index in [0.717, 1.165) is 37.7 Å². The molecule has 1 aliphatic carbocycles. The maximum Gasteiger partial charge on any atom is 0.319 e. The van der Waals surface area contributed by atoms with Crippen LogP contribution in [-0.4, -0.2) is 71.4 Å². The molecule has 1 spiro atoms. The molecule has 3 aliphatic heterocycles. The molecule has 1 saturated carbocycles. The number of rotatable bonds is 5. The summed E-state index contributed by atoms with van der Waals surface area (Å²) >= 11 is 5.91. The summed E-state index contributed by atoms with van der Waals surface area (Å²) < 4.78 is 41.2. The van der Waals surface area contributed by atoms with Crippen LogP contribution in [0, 0.1) is 11.7 Å². The molecule has 0 unspecified atom stereocenters. The summed E-state index contributed by atoms with van der Waals surface area (Å²) in [5.74, 6) is -0.945. The number of pyridine rings is 1. The van der Waals surface area contributed by atoms with E-state index in [0.29, 0.717) is 63.8 Å². The van der Waals surface area contributed by atoms with Gasteiger partial charge < -0.3 is 20.0 Å². The molecule has 0 atom stereocenters. The van der Waals surface area contributed by atoms with E-state index < -0.39 is 29.3 Å². The molecule has 1 aromatic heterocycles. The van der Waals surface area contributed by atoms with Crippen molar-refractivity contribution < 1.29 is 27.6 Å². The number of piperidine rings is 1. The van der Waals surface area contributed by atoms with Crippen molar-refractivity contribution in [2.45, 2.75) is 69.2 Å². The average molecular weight is 618 g/mol. The van der Waals surface area contributed by atoms with Crippen LogP contribution in [0.3, 0.4) is 0 Å². The van der Waals surface area contributed by atoms with Gasteiger partial charge in [-0.05, 0) is 81.0 Å². The van der Waals surface area contributed by atoms with Gasteiger partial charge in [-0.15, -0.1) is 0 Å². The van der Waals surface area contributed by atoms with Gasteiger partial charge in [0.15, 0.2) is 0 Å². The third-order valence-corrected chi connectivity index (χ3v) is 9.85. The Kier molecular flexibility index (Phi) is 8.28. The molecule has 4 aliphatic rings. The van der Waals surface area contributed by atoms with E-state index in [2.05, 4.69) is 10.3 Å². The van der Waals surface area contributed by atoms with Crippen LogP contribution in [0.4, 0.5) is 23.7 Å². The summed E-state index contributed by atoms with van der Waals surface area (Å²) in [6.45, 7) is 2.94. The van der Waals surface area contributed by atoms with Crippen molar-refractivity contribution in [1.82, 2.24) is 20.1 Å². The Hall–Kier alpha value is -3.34. The maximum absolute atomic E-state index is 14.5. The van der Waals surface area contributed by atoms with Crippen LogP contribution in [0.5, 0.6) is 0 Å². The van der Waals surface area contributed by atoms with Crippen molar-refractivity contribution >= 4 is 35.1 Å². The molecular formula is C31H35ClF3N5O3. The van der Waals surface area contributed by atoms with Gasteiger partial charge in [0, 0.05) is 45.0 Å². The first-order chi connectivity index (χ1) is 20.7. The minimum absolute atomic E-state index is 0.0369. The number of nitrogens with one attached hydrogen (secondary N) is 1. The summed E-state index contributed by atoms with van der Waals surface area (Å²) in [4.78, 5) is 49.0. The minimum Gasteiger partial charge on any atom is -0.349 e. The number of nitrogens with zero attached hydrogens (tertiary/aromatic N) is 4. The summed E-state index contributed by atoms with van der Waals surface area (Å²) in [6, 6.07) is 5.60. The normalized spacial score (nSPS) is 23.3. The first-order valence-corrected chi connectivity index (χ1v) is 15.4. The molecule has 12 heteroatoms. The molecule has 4 amide bonds. The molecule has 4 heterocycles. The lowest BCUT2D eigenvalue weighted by atomic mass is 9.73. The Labute approximate surface area is 253 Å². The Morgan fingerprint density at radius 3 is 2.37 bits per heavy atom. The van der Waals surface area contributed by atoms with E-state index in [9.17, 15) is 27.6 Å². The van der Waals surface area contributed by atoms with E-state index in [1.807, 2.05) is 9.80 Å². The smallest absolute Gasteiger partial charge is 0.319 e. The Bertz CT molecular complexity index is 1400. The highest BCUT2D eigenvalue weighted by Gasteiger charge is 2.53. The molecule has 3 fully saturated rings. The molecule has 0 radical (unpaired) electrons. The molecular weight excluding hydrogens is 583 g/mol. The quantitative estimate of drug-likeness (QED) is 0.467. The highest BCUT2D eigenvalue weighted by Crippen LogP contribution is 2.49. The molecule has 6 rings (SSSR count). The van der Waals surface area contributed by atoms with Gasteiger partial charge in [0.25, 0.3) is 12.3 Å². The SMILES string of the molecule is O=C(N[C@H]1CC[C@H](CN2C(=O)C3(CCN(C(=O)N4CCCC4)CC3)c3ccc(F)cc32)CC1)c1cc(Cl)cnc1C(F)F. The fraction of sp³-hybridized carbons (Fsp3) is 0.548. The number of fused-ring (bicyclic) bond motifs is 2. The Morgan fingerprint density at radius 2 is 1.70 bits per heavy atom. The van der Waals surface area contributed by atoms with E-state index in [-0.39, 0.29) is 34.5 Å². The van der Waals surface area contributed by atoms with Gasteiger partial charge in [-0.25, -0.2) is 18.0 Å². The van der Waals surface area contributed by atoms with Crippen molar-refractivity contribution in [3.05, 3.63) is 58.1 Å². The zero-order valence-electron chi connectivity index (χ0n) is 23.8. The molecule has 1 N–H and O–H groups in total. The molecule has 43 heavy (non-hydrogen) atoms. The predicted octanol–water partition coefficient (Wildman–Crippen LogP) is 5.70. The second-order valence-electron chi connectivity index (χ2n) is 12.2. The number of benzene rings is 1. The summed E-state index contributed by atoms with van der Waals surface area (Å²) in [6.07, 6.45) is 3.87. The van der Waals surface area contributed by atoms with Crippen molar-refractivity contribution in [3.8, 4) is 0 Å². The molecule has 2 aromatic rings. The third kappa shape index (κ3) is 5.68. The standard InChI is InChI=1S/C31H35ClF3N5O3/c32-20-15-23(26(27(34)35)36-17-20)28(41)37-22-6-3-19(4-7-22)18-40-25-16-21(33)5-8-24(25)31(29(40)42)9-13-39(14-10-31)30(43)38-11-1-2-12-38/h5,8,15-17,19,22,27H,1-4,6-7,9-14,18H2,(H,37,41)/t19-,22-. The Morgan fingerprint density at radius 1 is 1.02 bits per heavy atom. The molecule has 0 bridgehead atoms. The zero-order chi connectivity index (χ0) is 30.3. The lowest BCUT2D eigenvalue weighted by Gasteiger charge is -2.40. The lowest BCUT2D eigenvalue weighted by Crippen LogP contribution is -2.53. The topological polar surface area (TPSA) is 85.8 Å². The van der Waals surface area contributed by atoms with E-state index in [4.69, 9.17) is 11.6 Å². The lowest BCUT2D eigenvalue weighted by molar-refractivity contribution is -0.124. The van der Waals surface area contributed by atoms with Gasteiger partial charge in [0.1, 0.15) is 11.5 Å². The van der Waals surface area contributed by atoms with Crippen molar-refractivity contribution in [3.63, 3.8) is 0 Å². The number of amides is 4. The number of carbonyl (C=O) groups is 3. The van der Waals surface area contributed by atoms with E-state index >= 15 is 0 Å². The minimum atomic E-state index is -2.90. The highest BCUT2D eigenvalue weighted by molar-refractivity contribution is 6.30. The maximum atomic E-state index is 14.5. The van der Waals surface area contributed by atoms with Crippen LogP contribution in [0.15, 0.2) is 30.5 Å². The van der Waals surface area contributed by atoms with Crippen LogP contribution >= 0.6 is 11.6 Å². The number of alkyl halides is 2. The fourth-order valence-corrected chi connectivity index (χ4v) is 7.44. The highest BCUT2D eigenvalue weighted by atomic mass is 35.5. The van der Waals surface area contributed by atoms with Gasteiger partial charge >= 0.3 is 6.03 Å².